The summed E-state index contributed by atoms with van der Waals surface area (Å²) in [5, 5.41) is 3.00. The van der Waals surface area contributed by atoms with Gasteiger partial charge in [-0.3, -0.25) is 9.59 Å². The van der Waals surface area contributed by atoms with Crippen LogP contribution in [0.4, 0.5) is 5.69 Å². The van der Waals surface area contributed by atoms with Crippen LogP contribution in [-0.4, -0.2) is 29.3 Å². The summed E-state index contributed by atoms with van der Waals surface area (Å²) in [7, 11) is 0. The Kier molecular flexibility index (Phi) is 5.68. The van der Waals surface area contributed by atoms with E-state index in [-0.39, 0.29) is 17.9 Å². The standard InChI is InChI=1S/C20H30N2O2/c1-6-9-20(4,5)19(24)22-10-7-8-17(22)18(23)21-16-12-14(2)11-15(3)13-16/h11-13,17H,6-10H2,1-5H3,(H,21,23)/t17-/m1/s1. The highest BCUT2D eigenvalue weighted by Crippen LogP contribution is 2.30. The van der Waals surface area contributed by atoms with Gasteiger partial charge in [0.05, 0.1) is 0 Å². The molecule has 4 nitrogen and oxygen atoms in total. The average molecular weight is 330 g/mol. The minimum Gasteiger partial charge on any atom is -0.330 e. The molecule has 0 spiro atoms. The number of likely N-dealkylation sites (tertiary alicyclic amines) is 1. The predicted octanol–water partition coefficient (Wildman–Crippen LogP) is 4.06. The van der Waals surface area contributed by atoms with Crippen LogP contribution < -0.4 is 5.32 Å². The van der Waals surface area contributed by atoms with Crippen LogP contribution in [0.2, 0.25) is 0 Å². The molecule has 1 saturated heterocycles. The van der Waals surface area contributed by atoms with Crippen LogP contribution in [0.1, 0.15) is 57.6 Å². The molecule has 0 bridgehead atoms. The molecular formula is C20H30N2O2. The maximum Gasteiger partial charge on any atom is 0.247 e. The van der Waals surface area contributed by atoms with Crippen molar-refractivity contribution in [2.45, 2.75) is 66.3 Å². The van der Waals surface area contributed by atoms with Crippen LogP contribution in [-0.2, 0) is 9.59 Å². The van der Waals surface area contributed by atoms with Gasteiger partial charge in [0.1, 0.15) is 6.04 Å². The van der Waals surface area contributed by atoms with Crippen molar-refractivity contribution in [1.29, 1.82) is 0 Å². The van der Waals surface area contributed by atoms with Crippen molar-refractivity contribution >= 4 is 17.5 Å². The van der Waals surface area contributed by atoms with Gasteiger partial charge in [-0.2, -0.15) is 0 Å². The molecule has 1 heterocycles. The Morgan fingerprint density at radius 3 is 2.42 bits per heavy atom. The quantitative estimate of drug-likeness (QED) is 0.885. The Morgan fingerprint density at radius 2 is 1.83 bits per heavy atom. The van der Waals surface area contributed by atoms with E-state index in [1.165, 1.54) is 0 Å². The highest BCUT2D eigenvalue weighted by molar-refractivity contribution is 5.98. The molecule has 1 aliphatic rings. The molecule has 0 radical (unpaired) electrons. The van der Waals surface area contributed by atoms with Crippen LogP contribution in [0.15, 0.2) is 18.2 Å². The first kappa shape index (κ1) is 18.5. The number of aryl methyl sites for hydroxylation is 2. The Labute approximate surface area is 145 Å². The molecule has 1 fully saturated rings. The first-order chi connectivity index (χ1) is 11.2. The van der Waals surface area contributed by atoms with E-state index in [1.807, 2.05) is 39.8 Å². The molecule has 2 rings (SSSR count). The lowest BCUT2D eigenvalue weighted by Gasteiger charge is -2.32. The number of nitrogens with zero attached hydrogens (tertiary/aromatic N) is 1. The predicted molar refractivity (Wildman–Crippen MR) is 98.0 cm³/mol. The molecular weight excluding hydrogens is 300 g/mol. The summed E-state index contributed by atoms with van der Waals surface area (Å²) < 4.78 is 0. The van der Waals surface area contributed by atoms with Gasteiger partial charge in [0.25, 0.3) is 0 Å². The normalized spacial score (nSPS) is 17.9. The van der Waals surface area contributed by atoms with Gasteiger partial charge in [0.2, 0.25) is 11.8 Å². The second-order valence-electron chi connectivity index (χ2n) is 7.66. The minimum absolute atomic E-state index is 0.0712. The van der Waals surface area contributed by atoms with E-state index in [1.54, 1.807) is 4.90 Å². The molecule has 1 N–H and O–H groups in total. The first-order valence-electron chi connectivity index (χ1n) is 8.95. The summed E-state index contributed by atoms with van der Waals surface area (Å²) >= 11 is 0. The minimum atomic E-state index is -0.405. The summed E-state index contributed by atoms with van der Waals surface area (Å²) in [6, 6.07) is 5.66. The lowest BCUT2D eigenvalue weighted by Crippen LogP contribution is -2.48. The monoisotopic (exact) mass is 330 g/mol. The van der Waals surface area contributed by atoms with E-state index >= 15 is 0 Å². The second kappa shape index (κ2) is 7.37. The van der Waals surface area contributed by atoms with Gasteiger partial charge in [-0.05, 0) is 56.4 Å². The average Bonchev–Trinajstić information content (AvgIpc) is 2.94. The maximum absolute atomic E-state index is 12.9. The third-order valence-corrected chi connectivity index (χ3v) is 4.76. The number of carbonyl (C=O) groups excluding carboxylic acids is 2. The summed E-state index contributed by atoms with van der Waals surface area (Å²) in [5.41, 5.74) is 2.64. The molecule has 2 amide bonds. The zero-order valence-electron chi connectivity index (χ0n) is 15.6. The number of anilines is 1. The zero-order chi connectivity index (χ0) is 17.9. The summed E-state index contributed by atoms with van der Waals surface area (Å²) in [4.78, 5) is 27.4. The van der Waals surface area contributed by atoms with Gasteiger partial charge in [0.15, 0.2) is 0 Å². The Balaban J connectivity index is 2.12. The SMILES string of the molecule is CCCC(C)(C)C(=O)N1CCC[C@@H]1C(=O)Nc1cc(C)cc(C)c1. The van der Waals surface area contributed by atoms with Crippen molar-refractivity contribution in [3.63, 3.8) is 0 Å². The fraction of sp³-hybridized carbons (Fsp3) is 0.600. The number of rotatable bonds is 5. The van der Waals surface area contributed by atoms with E-state index in [0.717, 1.165) is 42.5 Å². The van der Waals surface area contributed by atoms with E-state index in [0.29, 0.717) is 6.54 Å². The molecule has 0 aliphatic carbocycles. The molecule has 1 aromatic rings. The molecule has 0 aromatic heterocycles. The van der Waals surface area contributed by atoms with Crippen LogP contribution in [0.25, 0.3) is 0 Å². The highest BCUT2D eigenvalue weighted by atomic mass is 16.2. The molecule has 24 heavy (non-hydrogen) atoms. The van der Waals surface area contributed by atoms with Crippen molar-refractivity contribution in [3.8, 4) is 0 Å². The number of amides is 2. The van der Waals surface area contributed by atoms with Crippen molar-refractivity contribution < 1.29 is 9.59 Å². The molecule has 0 unspecified atom stereocenters. The summed E-state index contributed by atoms with van der Waals surface area (Å²) in [6.45, 7) is 10.8. The zero-order valence-corrected chi connectivity index (χ0v) is 15.6. The van der Waals surface area contributed by atoms with E-state index < -0.39 is 5.41 Å². The third kappa shape index (κ3) is 4.16. The molecule has 1 aromatic carbocycles. The van der Waals surface area contributed by atoms with Crippen LogP contribution >= 0.6 is 0 Å². The largest absolute Gasteiger partial charge is 0.330 e. The van der Waals surface area contributed by atoms with Gasteiger partial charge < -0.3 is 10.2 Å². The third-order valence-electron chi connectivity index (χ3n) is 4.76. The van der Waals surface area contributed by atoms with Crippen molar-refractivity contribution in [2.24, 2.45) is 5.41 Å². The summed E-state index contributed by atoms with van der Waals surface area (Å²) in [6.07, 6.45) is 3.43. The Bertz CT molecular complexity index is 602. The molecule has 132 valence electrons. The number of nitrogens with one attached hydrogen (secondary N) is 1. The lowest BCUT2D eigenvalue weighted by atomic mass is 9.86. The van der Waals surface area contributed by atoms with Crippen LogP contribution in [0, 0.1) is 19.3 Å². The Morgan fingerprint density at radius 1 is 1.21 bits per heavy atom. The van der Waals surface area contributed by atoms with Crippen molar-refractivity contribution in [2.75, 3.05) is 11.9 Å². The second-order valence-corrected chi connectivity index (χ2v) is 7.66. The van der Waals surface area contributed by atoms with Gasteiger partial charge in [-0.1, -0.05) is 33.3 Å². The van der Waals surface area contributed by atoms with E-state index in [4.69, 9.17) is 0 Å². The smallest absolute Gasteiger partial charge is 0.247 e. The van der Waals surface area contributed by atoms with Gasteiger partial charge >= 0.3 is 0 Å². The maximum atomic E-state index is 12.9. The first-order valence-corrected chi connectivity index (χ1v) is 8.95. The molecule has 1 aliphatic heterocycles. The van der Waals surface area contributed by atoms with Crippen molar-refractivity contribution in [3.05, 3.63) is 29.3 Å². The van der Waals surface area contributed by atoms with Gasteiger partial charge in [-0.15, -0.1) is 0 Å². The molecule has 4 heteroatoms. The fourth-order valence-electron chi connectivity index (χ4n) is 3.68. The highest BCUT2D eigenvalue weighted by Gasteiger charge is 2.40. The Hall–Kier alpha value is -1.84. The van der Waals surface area contributed by atoms with Crippen molar-refractivity contribution in [1.82, 2.24) is 4.90 Å². The lowest BCUT2D eigenvalue weighted by molar-refractivity contribution is -0.144. The fourth-order valence-corrected chi connectivity index (χ4v) is 3.68. The number of carbonyl (C=O) groups is 2. The van der Waals surface area contributed by atoms with Gasteiger partial charge in [0, 0.05) is 17.6 Å². The van der Waals surface area contributed by atoms with E-state index in [2.05, 4.69) is 18.3 Å². The summed E-state index contributed by atoms with van der Waals surface area (Å²) in [5.74, 6) is 0.0283. The van der Waals surface area contributed by atoms with Crippen LogP contribution in [0.3, 0.4) is 0 Å². The number of hydrogen-bond acceptors (Lipinski definition) is 2. The van der Waals surface area contributed by atoms with Gasteiger partial charge in [-0.25, -0.2) is 0 Å². The number of hydrogen-bond donors (Lipinski definition) is 1. The van der Waals surface area contributed by atoms with E-state index in [9.17, 15) is 9.59 Å². The number of benzene rings is 1. The topological polar surface area (TPSA) is 49.4 Å². The van der Waals surface area contributed by atoms with Crippen LogP contribution in [0.5, 0.6) is 0 Å². The molecule has 1 atom stereocenters. The molecule has 0 saturated carbocycles.